The van der Waals surface area contributed by atoms with Gasteiger partial charge in [-0.05, 0) is 43.3 Å². The SMILES string of the molecule is CC(Oc1ccc(F)cc1)C(=O)Nc1cccc(Oc2cnccn2)c1. The number of benzene rings is 2. The van der Waals surface area contributed by atoms with Crippen molar-refractivity contribution < 1.29 is 18.7 Å². The maximum absolute atomic E-state index is 12.9. The Morgan fingerprint density at radius 1 is 1.12 bits per heavy atom. The predicted octanol–water partition coefficient (Wildman–Crippen LogP) is 3.81. The second-order valence-electron chi connectivity index (χ2n) is 5.38. The molecule has 0 fully saturated rings. The first-order valence-corrected chi connectivity index (χ1v) is 7.87. The molecular weight excluding hydrogens is 337 g/mol. The average molecular weight is 353 g/mol. The van der Waals surface area contributed by atoms with E-state index in [4.69, 9.17) is 9.47 Å². The zero-order valence-corrected chi connectivity index (χ0v) is 13.9. The van der Waals surface area contributed by atoms with Crippen molar-refractivity contribution in [1.29, 1.82) is 0 Å². The number of aromatic nitrogens is 2. The monoisotopic (exact) mass is 353 g/mol. The largest absolute Gasteiger partial charge is 0.481 e. The lowest BCUT2D eigenvalue weighted by atomic mass is 10.2. The standard InChI is InChI=1S/C19H16FN3O3/c1-13(25-16-7-5-14(20)6-8-16)19(24)23-15-3-2-4-17(11-15)26-18-12-21-9-10-22-18/h2-13H,1H3,(H,23,24). The van der Waals surface area contributed by atoms with Gasteiger partial charge in [0.25, 0.3) is 5.91 Å². The fraction of sp³-hybridized carbons (Fsp3) is 0.105. The van der Waals surface area contributed by atoms with Crippen molar-refractivity contribution in [2.45, 2.75) is 13.0 Å². The van der Waals surface area contributed by atoms with Crippen LogP contribution in [0.15, 0.2) is 67.1 Å². The van der Waals surface area contributed by atoms with E-state index in [2.05, 4.69) is 15.3 Å². The highest BCUT2D eigenvalue weighted by Crippen LogP contribution is 2.22. The van der Waals surface area contributed by atoms with E-state index in [0.717, 1.165) is 0 Å². The van der Waals surface area contributed by atoms with Crippen LogP contribution >= 0.6 is 0 Å². The van der Waals surface area contributed by atoms with Gasteiger partial charge in [0.2, 0.25) is 5.88 Å². The lowest BCUT2D eigenvalue weighted by Crippen LogP contribution is -2.30. The van der Waals surface area contributed by atoms with Crippen molar-refractivity contribution in [1.82, 2.24) is 9.97 Å². The van der Waals surface area contributed by atoms with Gasteiger partial charge in [-0.15, -0.1) is 0 Å². The summed E-state index contributed by atoms with van der Waals surface area (Å²) < 4.78 is 24.0. The number of anilines is 1. The molecule has 1 heterocycles. The maximum Gasteiger partial charge on any atom is 0.265 e. The average Bonchev–Trinajstić information content (AvgIpc) is 2.65. The number of carbonyl (C=O) groups is 1. The Morgan fingerprint density at radius 3 is 2.65 bits per heavy atom. The second-order valence-corrected chi connectivity index (χ2v) is 5.38. The molecule has 0 radical (unpaired) electrons. The molecule has 0 spiro atoms. The second kappa shape index (κ2) is 8.06. The number of nitrogens with zero attached hydrogens (tertiary/aromatic N) is 2. The number of carbonyl (C=O) groups excluding carboxylic acids is 1. The Morgan fingerprint density at radius 2 is 1.92 bits per heavy atom. The first-order valence-electron chi connectivity index (χ1n) is 7.87. The van der Waals surface area contributed by atoms with Crippen molar-refractivity contribution >= 4 is 11.6 Å². The highest BCUT2D eigenvalue weighted by molar-refractivity contribution is 5.94. The van der Waals surface area contributed by atoms with Crippen molar-refractivity contribution in [2.75, 3.05) is 5.32 Å². The molecule has 1 amide bonds. The van der Waals surface area contributed by atoms with Gasteiger partial charge >= 0.3 is 0 Å². The molecule has 1 unspecified atom stereocenters. The summed E-state index contributed by atoms with van der Waals surface area (Å²) in [6, 6.07) is 12.3. The van der Waals surface area contributed by atoms with Crippen LogP contribution in [0.4, 0.5) is 10.1 Å². The van der Waals surface area contributed by atoms with Crippen LogP contribution in [0.3, 0.4) is 0 Å². The molecule has 1 aromatic heterocycles. The molecule has 0 aliphatic heterocycles. The molecule has 0 saturated heterocycles. The quantitative estimate of drug-likeness (QED) is 0.729. The number of nitrogens with one attached hydrogen (secondary N) is 1. The van der Waals surface area contributed by atoms with Gasteiger partial charge in [0.05, 0.1) is 6.20 Å². The lowest BCUT2D eigenvalue weighted by Gasteiger charge is -2.15. The zero-order chi connectivity index (χ0) is 18.4. The first-order chi connectivity index (χ1) is 12.6. The van der Waals surface area contributed by atoms with E-state index in [0.29, 0.717) is 23.1 Å². The molecular formula is C19H16FN3O3. The van der Waals surface area contributed by atoms with Gasteiger partial charge in [0, 0.05) is 24.1 Å². The third-order valence-electron chi connectivity index (χ3n) is 3.36. The number of halogens is 1. The molecule has 7 heteroatoms. The van der Waals surface area contributed by atoms with E-state index in [1.54, 1.807) is 37.4 Å². The number of ether oxygens (including phenoxy) is 2. The summed E-state index contributed by atoms with van der Waals surface area (Å²) in [5.74, 6) is 0.563. The number of hydrogen-bond acceptors (Lipinski definition) is 5. The fourth-order valence-electron chi connectivity index (χ4n) is 2.11. The van der Waals surface area contributed by atoms with Crippen molar-refractivity contribution in [3.63, 3.8) is 0 Å². The fourth-order valence-corrected chi connectivity index (χ4v) is 2.11. The Hall–Kier alpha value is -3.48. The molecule has 0 bridgehead atoms. The molecule has 3 aromatic rings. The highest BCUT2D eigenvalue weighted by Gasteiger charge is 2.15. The van der Waals surface area contributed by atoms with Gasteiger partial charge in [-0.1, -0.05) is 6.07 Å². The Bertz CT molecular complexity index is 873. The van der Waals surface area contributed by atoms with Crippen molar-refractivity contribution in [3.8, 4) is 17.4 Å². The maximum atomic E-state index is 12.9. The van der Waals surface area contributed by atoms with Gasteiger partial charge in [0.15, 0.2) is 6.10 Å². The lowest BCUT2D eigenvalue weighted by molar-refractivity contribution is -0.122. The number of hydrogen-bond donors (Lipinski definition) is 1. The van der Waals surface area contributed by atoms with Gasteiger partial charge in [-0.25, -0.2) is 9.37 Å². The summed E-state index contributed by atoms with van der Waals surface area (Å²) >= 11 is 0. The summed E-state index contributed by atoms with van der Waals surface area (Å²) in [6.45, 7) is 1.61. The predicted molar refractivity (Wildman–Crippen MR) is 93.7 cm³/mol. The van der Waals surface area contributed by atoms with Crippen LogP contribution in [0, 0.1) is 5.82 Å². The summed E-state index contributed by atoms with van der Waals surface area (Å²) in [5, 5.41) is 2.75. The Kier molecular flexibility index (Phi) is 5.38. The molecule has 132 valence electrons. The van der Waals surface area contributed by atoms with Crippen LogP contribution in [-0.2, 0) is 4.79 Å². The summed E-state index contributed by atoms with van der Waals surface area (Å²) in [5.41, 5.74) is 0.547. The third-order valence-corrected chi connectivity index (χ3v) is 3.36. The van der Waals surface area contributed by atoms with Gasteiger partial charge in [-0.2, -0.15) is 0 Å². The van der Waals surface area contributed by atoms with E-state index >= 15 is 0 Å². The van der Waals surface area contributed by atoms with Crippen molar-refractivity contribution in [2.24, 2.45) is 0 Å². The van der Waals surface area contributed by atoms with Crippen LogP contribution in [-0.4, -0.2) is 22.0 Å². The minimum Gasteiger partial charge on any atom is -0.481 e. The topological polar surface area (TPSA) is 73.3 Å². The van der Waals surface area contributed by atoms with Crippen LogP contribution in [0.2, 0.25) is 0 Å². The van der Waals surface area contributed by atoms with Crippen LogP contribution in [0.25, 0.3) is 0 Å². The van der Waals surface area contributed by atoms with E-state index in [1.807, 2.05) is 0 Å². The number of amides is 1. The molecule has 0 saturated carbocycles. The molecule has 0 aliphatic carbocycles. The van der Waals surface area contributed by atoms with Gasteiger partial charge in [-0.3, -0.25) is 9.78 Å². The molecule has 1 atom stereocenters. The van der Waals surface area contributed by atoms with E-state index in [-0.39, 0.29) is 11.7 Å². The Balaban J connectivity index is 1.61. The highest BCUT2D eigenvalue weighted by atomic mass is 19.1. The first kappa shape index (κ1) is 17.3. The molecule has 3 rings (SSSR count). The molecule has 26 heavy (non-hydrogen) atoms. The smallest absolute Gasteiger partial charge is 0.265 e. The number of rotatable bonds is 6. The van der Waals surface area contributed by atoms with E-state index in [1.165, 1.54) is 36.7 Å². The summed E-state index contributed by atoms with van der Waals surface area (Å²) in [7, 11) is 0. The molecule has 1 N–H and O–H groups in total. The van der Waals surface area contributed by atoms with Crippen LogP contribution < -0.4 is 14.8 Å². The van der Waals surface area contributed by atoms with Crippen LogP contribution in [0.1, 0.15) is 6.92 Å². The minimum absolute atomic E-state index is 0.342. The normalized spacial score (nSPS) is 11.5. The minimum atomic E-state index is -0.759. The third kappa shape index (κ3) is 4.76. The van der Waals surface area contributed by atoms with Crippen molar-refractivity contribution in [3.05, 3.63) is 72.9 Å². The van der Waals surface area contributed by atoms with Gasteiger partial charge in [0.1, 0.15) is 17.3 Å². The van der Waals surface area contributed by atoms with E-state index < -0.39 is 6.10 Å². The summed E-state index contributed by atoms with van der Waals surface area (Å²) in [6.07, 6.45) is 3.80. The molecule has 6 nitrogen and oxygen atoms in total. The Labute approximate surface area is 149 Å². The van der Waals surface area contributed by atoms with Crippen LogP contribution in [0.5, 0.6) is 17.4 Å². The molecule has 0 aliphatic rings. The molecule has 2 aromatic carbocycles. The zero-order valence-electron chi connectivity index (χ0n) is 13.9. The van der Waals surface area contributed by atoms with E-state index in [9.17, 15) is 9.18 Å². The van der Waals surface area contributed by atoms with Gasteiger partial charge < -0.3 is 14.8 Å². The summed E-state index contributed by atoms with van der Waals surface area (Å²) in [4.78, 5) is 20.2.